The van der Waals surface area contributed by atoms with Crippen LogP contribution in [-0.4, -0.2) is 29.2 Å². The third kappa shape index (κ3) is 3.89. The van der Waals surface area contributed by atoms with E-state index in [1.165, 1.54) is 12.8 Å². The first-order valence-electron chi connectivity index (χ1n) is 6.96. The highest BCUT2D eigenvalue weighted by atomic mass is 16.4. The number of carboxylic acid groups (broad SMARTS) is 1. The van der Waals surface area contributed by atoms with Gasteiger partial charge in [-0.15, -0.1) is 0 Å². The Bertz CT molecular complexity index is 307. The Morgan fingerprint density at radius 2 is 1.61 bits per heavy atom. The predicted octanol–water partition coefficient (Wildman–Crippen LogP) is 1.87. The molecule has 0 aromatic heterocycles. The third-order valence-corrected chi connectivity index (χ3v) is 3.84. The number of amides is 2. The second-order valence-corrected chi connectivity index (χ2v) is 5.46. The Balaban J connectivity index is 1.77. The maximum absolute atomic E-state index is 11.8. The first-order chi connectivity index (χ1) is 8.66. The first-order valence-corrected chi connectivity index (χ1v) is 6.96. The standard InChI is InChI=1S/C13H22N2O3/c16-12(17)11(9-7-8-9)15-13(18)14-10-5-3-1-2-4-6-10/h9-11H,1-8H2,(H,16,17)(H2,14,15,18). The molecule has 2 rings (SSSR count). The van der Waals surface area contributed by atoms with E-state index in [1.54, 1.807) is 0 Å². The van der Waals surface area contributed by atoms with Gasteiger partial charge in [-0.25, -0.2) is 9.59 Å². The number of carboxylic acids is 1. The Morgan fingerprint density at radius 1 is 1.00 bits per heavy atom. The summed E-state index contributed by atoms with van der Waals surface area (Å²) in [5, 5.41) is 14.6. The molecule has 0 spiro atoms. The van der Waals surface area contributed by atoms with Crippen LogP contribution in [0.3, 0.4) is 0 Å². The van der Waals surface area contributed by atoms with Crippen LogP contribution < -0.4 is 10.6 Å². The van der Waals surface area contributed by atoms with Crippen molar-refractivity contribution in [2.75, 3.05) is 0 Å². The molecule has 5 heteroatoms. The van der Waals surface area contributed by atoms with Gasteiger partial charge in [0.25, 0.3) is 0 Å². The van der Waals surface area contributed by atoms with Gasteiger partial charge in [0, 0.05) is 6.04 Å². The summed E-state index contributed by atoms with van der Waals surface area (Å²) >= 11 is 0. The van der Waals surface area contributed by atoms with E-state index in [0.717, 1.165) is 38.5 Å². The molecule has 2 saturated carbocycles. The van der Waals surface area contributed by atoms with Gasteiger partial charge in [-0.2, -0.15) is 0 Å². The third-order valence-electron chi connectivity index (χ3n) is 3.84. The van der Waals surface area contributed by atoms with Crippen LogP contribution in [0.25, 0.3) is 0 Å². The van der Waals surface area contributed by atoms with E-state index in [2.05, 4.69) is 10.6 Å². The average molecular weight is 254 g/mol. The van der Waals surface area contributed by atoms with Gasteiger partial charge in [0.05, 0.1) is 0 Å². The summed E-state index contributed by atoms with van der Waals surface area (Å²) in [6.45, 7) is 0. The van der Waals surface area contributed by atoms with Gasteiger partial charge in [-0.1, -0.05) is 25.7 Å². The quantitative estimate of drug-likeness (QED) is 0.670. The zero-order chi connectivity index (χ0) is 13.0. The number of hydrogen-bond acceptors (Lipinski definition) is 2. The largest absolute Gasteiger partial charge is 0.480 e. The summed E-state index contributed by atoms with van der Waals surface area (Å²) in [4.78, 5) is 22.8. The number of carbonyl (C=O) groups excluding carboxylic acids is 1. The van der Waals surface area contributed by atoms with Crippen LogP contribution in [-0.2, 0) is 4.79 Å². The van der Waals surface area contributed by atoms with E-state index < -0.39 is 12.0 Å². The van der Waals surface area contributed by atoms with Gasteiger partial charge in [0.15, 0.2) is 0 Å². The van der Waals surface area contributed by atoms with Crippen LogP contribution in [0.5, 0.6) is 0 Å². The molecule has 3 N–H and O–H groups in total. The van der Waals surface area contributed by atoms with Crippen LogP contribution in [0.4, 0.5) is 4.79 Å². The van der Waals surface area contributed by atoms with Crippen LogP contribution in [0.2, 0.25) is 0 Å². The van der Waals surface area contributed by atoms with Crippen molar-refractivity contribution in [2.45, 2.75) is 63.5 Å². The molecular formula is C13H22N2O3. The molecule has 2 aliphatic carbocycles. The smallest absolute Gasteiger partial charge is 0.326 e. The van der Waals surface area contributed by atoms with Crippen molar-refractivity contribution in [3.8, 4) is 0 Å². The van der Waals surface area contributed by atoms with Crippen LogP contribution in [0.15, 0.2) is 0 Å². The van der Waals surface area contributed by atoms with Crippen molar-refractivity contribution in [2.24, 2.45) is 5.92 Å². The lowest BCUT2D eigenvalue weighted by Crippen LogP contribution is -2.49. The van der Waals surface area contributed by atoms with Gasteiger partial charge in [0.1, 0.15) is 6.04 Å². The highest BCUT2D eigenvalue weighted by molar-refractivity contribution is 5.83. The monoisotopic (exact) mass is 254 g/mol. The predicted molar refractivity (Wildman–Crippen MR) is 67.3 cm³/mol. The number of rotatable bonds is 4. The summed E-state index contributed by atoms with van der Waals surface area (Å²) in [6, 6.07) is -0.821. The second-order valence-electron chi connectivity index (χ2n) is 5.46. The Labute approximate surface area is 107 Å². The SMILES string of the molecule is O=C(NC1CCCCCC1)NC(C(=O)O)C1CC1. The van der Waals surface area contributed by atoms with Crippen molar-refractivity contribution in [1.82, 2.24) is 10.6 Å². The second kappa shape index (κ2) is 6.07. The van der Waals surface area contributed by atoms with Gasteiger partial charge < -0.3 is 15.7 Å². The summed E-state index contributed by atoms with van der Waals surface area (Å²) in [5.41, 5.74) is 0. The van der Waals surface area contributed by atoms with Gasteiger partial charge in [-0.05, 0) is 31.6 Å². The summed E-state index contributed by atoms with van der Waals surface area (Å²) in [7, 11) is 0. The van der Waals surface area contributed by atoms with Crippen molar-refractivity contribution in [1.29, 1.82) is 0 Å². The lowest BCUT2D eigenvalue weighted by atomic mass is 10.1. The van der Waals surface area contributed by atoms with Crippen molar-refractivity contribution in [3.05, 3.63) is 0 Å². The van der Waals surface area contributed by atoms with Crippen LogP contribution in [0, 0.1) is 5.92 Å². The Hall–Kier alpha value is -1.26. The molecule has 0 bridgehead atoms. The molecule has 2 fully saturated rings. The molecule has 1 unspecified atom stereocenters. The minimum atomic E-state index is -0.923. The topological polar surface area (TPSA) is 78.4 Å². The summed E-state index contributed by atoms with van der Waals surface area (Å²) < 4.78 is 0. The van der Waals surface area contributed by atoms with Crippen molar-refractivity contribution < 1.29 is 14.7 Å². The molecule has 0 aliphatic heterocycles. The Kier molecular flexibility index (Phi) is 4.44. The fourth-order valence-electron chi connectivity index (χ4n) is 2.60. The van der Waals surface area contributed by atoms with Crippen molar-refractivity contribution in [3.63, 3.8) is 0 Å². The molecule has 102 valence electrons. The maximum Gasteiger partial charge on any atom is 0.326 e. The number of hydrogen-bond donors (Lipinski definition) is 3. The van der Waals surface area contributed by atoms with Gasteiger partial charge in [0.2, 0.25) is 0 Å². The average Bonchev–Trinajstić information content (AvgIpc) is 3.13. The molecule has 2 amide bonds. The van der Waals surface area contributed by atoms with Crippen LogP contribution >= 0.6 is 0 Å². The Morgan fingerprint density at radius 3 is 2.11 bits per heavy atom. The van der Waals surface area contributed by atoms with E-state index in [0.29, 0.717) is 0 Å². The molecule has 18 heavy (non-hydrogen) atoms. The van der Waals surface area contributed by atoms with E-state index in [4.69, 9.17) is 5.11 Å². The minimum Gasteiger partial charge on any atom is -0.480 e. The molecular weight excluding hydrogens is 232 g/mol. The summed E-state index contributed by atoms with van der Waals surface area (Å²) in [6.07, 6.45) is 8.59. The molecule has 0 radical (unpaired) electrons. The fraction of sp³-hybridized carbons (Fsp3) is 0.846. The highest BCUT2D eigenvalue weighted by Crippen LogP contribution is 2.32. The number of nitrogens with one attached hydrogen (secondary N) is 2. The zero-order valence-corrected chi connectivity index (χ0v) is 10.7. The zero-order valence-electron chi connectivity index (χ0n) is 10.7. The van der Waals surface area contributed by atoms with Crippen molar-refractivity contribution >= 4 is 12.0 Å². The number of urea groups is 1. The normalized spacial score (nSPS) is 22.9. The minimum absolute atomic E-state index is 0.127. The van der Waals surface area contributed by atoms with E-state index in [9.17, 15) is 9.59 Å². The van der Waals surface area contributed by atoms with Gasteiger partial charge >= 0.3 is 12.0 Å². The summed E-state index contributed by atoms with van der Waals surface area (Å²) in [5.74, 6) is -0.795. The van der Waals surface area contributed by atoms with Crippen LogP contribution in [0.1, 0.15) is 51.4 Å². The maximum atomic E-state index is 11.8. The molecule has 0 heterocycles. The lowest BCUT2D eigenvalue weighted by Gasteiger charge is -2.19. The fourth-order valence-corrected chi connectivity index (χ4v) is 2.60. The molecule has 0 aromatic rings. The molecule has 0 saturated heterocycles. The lowest BCUT2D eigenvalue weighted by molar-refractivity contribution is -0.139. The molecule has 5 nitrogen and oxygen atoms in total. The van der Waals surface area contributed by atoms with E-state index in [-0.39, 0.29) is 18.0 Å². The first kappa shape index (κ1) is 13.2. The number of carbonyl (C=O) groups is 2. The molecule has 0 aromatic carbocycles. The van der Waals surface area contributed by atoms with E-state index in [1.807, 2.05) is 0 Å². The molecule has 1 atom stereocenters. The number of aliphatic carboxylic acids is 1. The van der Waals surface area contributed by atoms with E-state index >= 15 is 0 Å². The highest BCUT2D eigenvalue weighted by Gasteiger charge is 2.37. The van der Waals surface area contributed by atoms with Gasteiger partial charge in [-0.3, -0.25) is 0 Å². The molecule has 2 aliphatic rings.